The van der Waals surface area contributed by atoms with Crippen LogP contribution in [0.2, 0.25) is 0 Å². The fourth-order valence-electron chi connectivity index (χ4n) is 1.95. The molecule has 20 heavy (non-hydrogen) atoms. The van der Waals surface area contributed by atoms with Crippen LogP contribution in [0.15, 0.2) is 16.7 Å². The summed E-state index contributed by atoms with van der Waals surface area (Å²) in [7, 11) is 0. The van der Waals surface area contributed by atoms with Crippen molar-refractivity contribution in [3.63, 3.8) is 0 Å². The average molecular weight is 346 g/mol. The number of ether oxygens (including phenoxy) is 1. The smallest absolute Gasteiger partial charge is 0.332 e. The second kappa shape index (κ2) is 6.14. The Kier molecular flexibility index (Phi) is 4.50. The lowest BCUT2D eigenvalue weighted by molar-refractivity contribution is -0.384. The first kappa shape index (κ1) is 14.7. The van der Waals surface area contributed by atoms with Crippen molar-refractivity contribution in [2.75, 3.05) is 11.9 Å². The minimum atomic E-state index is -0.986. The van der Waals surface area contributed by atoms with Crippen molar-refractivity contribution in [1.29, 1.82) is 0 Å². The fraction of sp³-hybridized carbons (Fsp3) is 0.455. The normalized spacial score (nSPS) is 21.6. The highest BCUT2D eigenvalue weighted by Gasteiger charge is 2.30. The molecule has 0 amide bonds. The van der Waals surface area contributed by atoms with Crippen LogP contribution in [0.4, 0.5) is 11.5 Å². The van der Waals surface area contributed by atoms with Crippen LogP contribution in [0.3, 0.4) is 0 Å². The Morgan fingerprint density at radius 2 is 2.40 bits per heavy atom. The fourth-order valence-corrected chi connectivity index (χ4v) is 2.27. The van der Waals surface area contributed by atoms with Crippen LogP contribution in [0, 0.1) is 10.1 Å². The van der Waals surface area contributed by atoms with Gasteiger partial charge < -0.3 is 15.2 Å². The molecule has 2 rings (SSSR count). The van der Waals surface area contributed by atoms with E-state index in [9.17, 15) is 14.9 Å². The first-order chi connectivity index (χ1) is 9.47. The Morgan fingerprint density at radius 1 is 1.65 bits per heavy atom. The predicted octanol–water partition coefficient (Wildman–Crippen LogP) is 1.80. The summed E-state index contributed by atoms with van der Waals surface area (Å²) in [6.07, 6.45) is 1.40. The summed E-state index contributed by atoms with van der Waals surface area (Å²) >= 11 is 3.12. The Hall–Kier alpha value is -1.74. The van der Waals surface area contributed by atoms with Gasteiger partial charge in [-0.05, 0) is 28.8 Å². The summed E-state index contributed by atoms with van der Waals surface area (Å²) in [6.45, 7) is 0.277. The molecule has 2 atom stereocenters. The number of carbonyl (C=O) groups is 1. The minimum absolute atomic E-state index is 0.139. The van der Waals surface area contributed by atoms with Gasteiger partial charge in [-0.1, -0.05) is 0 Å². The molecule has 108 valence electrons. The predicted molar refractivity (Wildman–Crippen MR) is 72.6 cm³/mol. The van der Waals surface area contributed by atoms with Gasteiger partial charge in [0.1, 0.15) is 0 Å². The Labute approximate surface area is 122 Å². The third-order valence-electron chi connectivity index (χ3n) is 2.91. The van der Waals surface area contributed by atoms with Crippen molar-refractivity contribution >= 4 is 33.4 Å². The van der Waals surface area contributed by atoms with Gasteiger partial charge >= 0.3 is 11.7 Å². The maximum atomic E-state index is 10.9. The molecule has 9 heteroatoms. The number of nitrogens with zero attached hydrogens (tertiary/aromatic N) is 2. The Balaban J connectivity index is 1.98. The van der Waals surface area contributed by atoms with E-state index < -0.39 is 17.0 Å². The van der Waals surface area contributed by atoms with Gasteiger partial charge in [0.25, 0.3) is 0 Å². The van der Waals surface area contributed by atoms with Crippen molar-refractivity contribution in [2.45, 2.75) is 25.0 Å². The summed E-state index contributed by atoms with van der Waals surface area (Å²) in [6, 6.07) is 1.35. The number of halogens is 1. The molecule has 1 fully saturated rings. The number of hydrogen-bond acceptors (Lipinski definition) is 6. The van der Waals surface area contributed by atoms with E-state index in [1.54, 1.807) is 0 Å². The van der Waals surface area contributed by atoms with E-state index in [0.717, 1.165) is 0 Å². The van der Waals surface area contributed by atoms with Gasteiger partial charge in [-0.2, -0.15) is 0 Å². The highest BCUT2D eigenvalue weighted by Crippen LogP contribution is 2.26. The lowest BCUT2D eigenvalue weighted by atomic mass is 10.2. The highest BCUT2D eigenvalue weighted by molar-refractivity contribution is 9.10. The molecular formula is C11H12BrN3O5. The van der Waals surface area contributed by atoms with E-state index >= 15 is 0 Å². The van der Waals surface area contributed by atoms with Crippen molar-refractivity contribution in [3.05, 3.63) is 26.9 Å². The number of carboxylic acids is 1. The molecule has 0 radical (unpaired) electrons. The summed E-state index contributed by atoms with van der Waals surface area (Å²) in [5.41, 5.74) is -0.146. The topological polar surface area (TPSA) is 115 Å². The van der Waals surface area contributed by atoms with Gasteiger partial charge in [0.2, 0.25) is 5.82 Å². The van der Waals surface area contributed by atoms with E-state index in [1.807, 2.05) is 0 Å². The first-order valence-electron chi connectivity index (χ1n) is 5.89. The molecular weight excluding hydrogens is 334 g/mol. The quantitative estimate of drug-likeness (QED) is 0.617. The van der Waals surface area contributed by atoms with Crippen molar-refractivity contribution < 1.29 is 19.6 Å². The van der Waals surface area contributed by atoms with Crippen molar-refractivity contribution in [2.24, 2.45) is 0 Å². The summed E-state index contributed by atoms with van der Waals surface area (Å²) in [4.78, 5) is 25.1. The number of anilines is 1. The first-order valence-corrected chi connectivity index (χ1v) is 6.68. The summed E-state index contributed by atoms with van der Waals surface area (Å²) in [5.74, 6) is -0.846. The number of pyridine rings is 1. The summed E-state index contributed by atoms with van der Waals surface area (Å²) in [5, 5.41) is 22.6. The van der Waals surface area contributed by atoms with E-state index in [1.165, 1.54) is 12.3 Å². The maximum Gasteiger partial charge on any atom is 0.332 e. The lowest BCUT2D eigenvalue weighted by Gasteiger charge is -2.12. The number of aromatic nitrogens is 1. The molecule has 2 heterocycles. The molecule has 1 aliphatic heterocycles. The van der Waals surface area contributed by atoms with Gasteiger partial charge in [-0.15, -0.1) is 0 Å². The Bertz CT molecular complexity index is 539. The standard InChI is InChI=1S/C11H12BrN3O5/c12-6-3-8(15(18)19)10(13-4-6)14-5-7-1-2-9(20-7)11(16)17/h3-4,7,9H,1-2,5H2,(H,13,14)(H,16,17). The molecule has 0 spiro atoms. The lowest BCUT2D eigenvalue weighted by Crippen LogP contribution is -2.25. The van der Waals surface area contributed by atoms with Gasteiger partial charge in [-0.25, -0.2) is 9.78 Å². The van der Waals surface area contributed by atoms with Gasteiger partial charge in [-0.3, -0.25) is 10.1 Å². The zero-order valence-electron chi connectivity index (χ0n) is 10.3. The number of rotatable bonds is 5. The molecule has 0 saturated carbocycles. The van der Waals surface area contributed by atoms with Crippen LogP contribution in [0.25, 0.3) is 0 Å². The van der Waals surface area contributed by atoms with Crippen LogP contribution < -0.4 is 5.32 Å². The zero-order chi connectivity index (χ0) is 14.7. The SMILES string of the molecule is O=C(O)C1CCC(CNc2ncc(Br)cc2[N+](=O)[O-])O1. The van der Waals surface area contributed by atoms with Crippen LogP contribution in [0.5, 0.6) is 0 Å². The average Bonchev–Trinajstić information content (AvgIpc) is 2.86. The molecule has 1 aromatic heterocycles. The molecule has 8 nitrogen and oxygen atoms in total. The third-order valence-corrected chi connectivity index (χ3v) is 3.34. The van der Waals surface area contributed by atoms with Crippen LogP contribution >= 0.6 is 15.9 Å². The third kappa shape index (κ3) is 3.42. The maximum absolute atomic E-state index is 10.9. The number of nitrogens with one attached hydrogen (secondary N) is 1. The van der Waals surface area contributed by atoms with Crippen LogP contribution in [-0.4, -0.2) is 39.7 Å². The number of hydrogen-bond donors (Lipinski definition) is 2. The molecule has 1 aliphatic rings. The van der Waals surface area contributed by atoms with Crippen molar-refractivity contribution in [1.82, 2.24) is 4.98 Å². The number of nitro groups is 1. The van der Waals surface area contributed by atoms with Gasteiger partial charge in [0.05, 0.1) is 11.0 Å². The molecule has 1 aromatic rings. The van der Waals surface area contributed by atoms with E-state index in [0.29, 0.717) is 17.3 Å². The second-order valence-corrected chi connectivity index (χ2v) is 5.24. The van der Waals surface area contributed by atoms with Gasteiger partial charge in [0.15, 0.2) is 6.10 Å². The molecule has 0 bridgehead atoms. The van der Waals surface area contributed by atoms with Crippen molar-refractivity contribution in [3.8, 4) is 0 Å². The molecule has 0 aromatic carbocycles. The van der Waals surface area contributed by atoms with Gasteiger partial charge in [0, 0.05) is 23.3 Å². The molecule has 2 N–H and O–H groups in total. The highest BCUT2D eigenvalue weighted by atomic mass is 79.9. The molecule has 2 unspecified atom stereocenters. The minimum Gasteiger partial charge on any atom is -0.479 e. The van der Waals surface area contributed by atoms with E-state index in [-0.39, 0.29) is 24.2 Å². The Morgan fingerprint density at radius 3 is 3.00 bits per heavy atom. The largest absolute Gasteiger partial charge is 0.479 e. The van der Waals surface area contributed by atoms with Crippen LogP contribution in [-0.2, 0) is 9.53 Å². The second-order valence-electron chi connectivity index (χ2n) is 4.32. The number of carboxylic acid groups (broad SMARTS) is 1. The summed E-state index contributed by atoms with van der Waals surface area (Å²) < 4.78 is 5.81. The zero-order valence-corrected chi connectivity index (χ0v) is 11.9. The monoisotopic (exact) mass is 345 g/mol. The van der Waals surface area contributed by atoms with E-state index in [2.05, 4.69) is 26.2 Å². The molecule has 1 saturated heterocycles. The van der Waals surface area contributed by atoms with Crippen LogP contribution in [0.1, 0.15) is 12.8 Å². The van der Waals surface area contributed by atoms with E-state index in [4.69, 9.17) is 9.84 Å². The molecule has 0 aliphatic carbocycles. The number of aliphatic carboxylic acids is 1.